The number of hydrogen-bond acceptors (Lipinski definition) is 5. The molecule has 0 atom stereocenters. The van der Waals surface area contributed by atoms with Crippen LogP contribution in [0.3, 0.4) is 0 Å². The van der Waals surface area contributed by atoms with Gasteiger partial charge in [0.15, 0.2) is 0 Å². The van der Waals surface area contributed by atoms with Crippen LogP contribution in [0.4, 0.5) is 0 Å². The summed E-state index contributed by atoms with van der Waals surface area (Å²) in [7, 11) is 0. The molecular weight excluding hydrogens is 270 g/mol. The minimum Gasteiger partial charge on any atom is -0.459 e. The molecule has 0 aliphatic heterocycles. The third kappa shape index (κ3) is 6.21. The fraction of sp³-hybridized carbons (Fsp3) is 0.188. The van der Waals surface area contributed by atoms with Gasteiger partial charge in [-0.05, 0) is 30.7 Å². The highest BCUT2D eigenvalue weighted by molar-refractivity contribution is 5.87. The first kappa shape index (κ1) is 16.2. The second kappa shape index (κ2) is 8.33. The van der Waals surface area contributed by atoms with Crippen LogP contribution in [-0.4, -0.2) is 25.2 Å². The Kier molecular flexibility index (Phi) is 6.42. The van der Waals surface area contributed by atoms with Crippen LogP contribution in [0, 0.1) is 11.3 Å². The maximum Gasteiger partial charge on any atom is 0.333 e. The summed E-state index contributed by atoms with van der Waals surface area (Å²) in [5.41, 5.74) is 1.62. The molecule has 108 valence electrons. The SMILES string of the molecule is C=C(C)C(=O)OCCOC(=O)/C=C/c1ccc(C#N)cc1. The van der Waals surface area contributed by atoms with Crippen LogP contribution in [0.25, 0.3) is 6.08 Å². The number of hydrogen-bond donors (Lipinski definition) is 0. The normalized spacial score (nSPS) is 9.90. The zero-order valence-electron chi connectivity index (χ0n) is 11.7. The second-order valence-corrected chi connectivity index (χ2v) is 4.15. The van der Waals surface area contributed by atoms with Crippen LogP contribution < -0.4 is 0 Å². The van der Waals surface area contributed by atoms with Gasteiger partial charge in [0.2, 0.25) is 0 Å². The average Bonchev–Trinajstić information content (AvgIpc) is 2.49. The van der Waals surface area contributed by atoms with Crippen molar-refractivity contribution >= 4 is 18.0 Å². The molecule has 0 saturated heterocycles. The number of rotatable bonds is 6. The van der Waals surface area contributed by atoms with Crippen LogP contribution >= 0.6 is 0 Å². The van der Waals surface area contributed by atoms with Gasteiger partial charge in [-0.2, -0.15) is 5.26 Å². The molecule has 0 aliphatic carbocycles. The molecule has 0 heterocycles. The summed E-state index contributed by atoms with van der Waals surface area (Å²) in [6.07, 6.45) is 2.84. The van der Waals surface area contributed by atoms with Gasteiger partial charge in [-0.1, -0.05) is 18.7 Å². The summed E-state index contributed by atoms with van der Waals surface area (Å²) >= 11 is 0. The van der Waals surface area contributed by atoms with Crippen molar-refractivity contribution in [1.82, 2.24) is 0 Å². The minimum atomic E-state index is -0.536. The number of nitriles is 1. The van der Waals surface area contributed by atoms with Crippen LogP contribution in [0.15, 0.2) is 42.5 Å². The van der Waals surface area contributed by atoms with Crippen molar-refractivity contribution in [3.05, 3.63) is 53.6 Å². The third-order valence-corrected chi connectivity index (χ3v) is 2.36. The van der Waals surface area contributed by atoms with Crippen molar-refractivity contribution in [1.29, 1.82) is 5.26 Å². The summed E-state index contributed by atoms with van der Waals surface area (Å²) < 4.78 is 9.63. The summed E-state index contributed by atoms with van der Waals surface area (Å²) in [6.45, 7) is 4.94. The molecule has 21 heavy (non-hydrogen) atoms. The van der Waals surface area contributed by atoms with E-state index >= 15 is 0 Å². The zero-order chi connectivity index (χ0) is 15.7. The lowest BCUT2D eigenvalue weighted by atomic mass is 10.1. The lowest BCUT2D eigenvalue weighted by Crippen LogP contribution is -2.12. The molecule has 0 fully saturated rings. The molecule has 1 aromatic rings. The van der Waals surface area contributed by atoms with E-state index in [0.29, 0.717) is 11.1 Å². The molecule has 0 radical (unpaired) electrons. The molecule has 0 amide bonds. The van der Waals surface area contributed by atoms with Gasteiger partial charge in [0.1, 0.15) is 13.2 Å². The predicted octanol–water partition coefficient (Wildman–Crippen LogP) is 2.23. The standard InChI is InChI=1S/C16H15NO4/c1-12(2)16(19)21-10-9-20-15(18)8-7-13-3-5-14(11-17)6-4-13/h3-8H,1,9-10H2,2H3/b8-7+. The molecule has 0 aromatic heterocycles. The molecule has 0 bridgehead atoms. The first-order chi connectivity index (χ1) is 10.0. The fourth-order valence-corrected chi connectivity index (χ4v) is 1.28. The smallest absolute Gasteiger partial charge is 0.333 e. The maximum atomic E-state index is 11.4. The number of esters is 2. The predicted molar refractivity (Wildman–Crippen MR) is 76.9 cm³/mol. The van der Waals surface area contributed by atoms with Crippen LogP contribution in [0.2, 0.25) is 0 Å². The number of carbonyl (C=O) groups excluding carboxylic acids is 2. The Morgan fingerprint density at radius 1 is 1.24 bits per heavy atom. The van der Waals surface area contributed by atoms with Crippen LogP contribution in [0.1, 0.15) is 18.1 Å². The second-order valence-electron chi connectivity index (χ2n) is 4.15. The largest absolute Gasteiger partial charge is 0.459 e. The lowest BCUT2D eigenvalue weighted by Gasteiger charge is -2.04. The van der Waals surface area contributed by atoms with Crippen molar-refractivity contribution in [3.8, 4) is 6.07 Å². The molecule has 1 rings (SSSR count). The number of ether oxygens (including phenoxy) is 2. The van der Waals surface area contributed by atoms with E-state index < -0.39 is 11.9 Å². The van der Waals surface area contributed by atoms with E-state index in [4.69, 9.17) is 14.7 Å². The number of carbonyl (C=O) groups is 2. The molecule has 0 saturated carbocycles. The average molecular weight is 285 g/mol. The van der Waals surface area contributed by atoms with E-state index in [-0.39, 0.29) is 13.2 Å². The van der Waals surface area contributed by atoms with E-state index in [0.717, 1.165) is 5.56 Å². The van der Waals surface area contributed by atoms with Gasteiger partial charge >= 0.3 is 11.9 Å². The first-order valence-corrected chi connectivity index (χ1v) is 6.20. The van der Waals surface area contributed by atoms with Crippen molar-refractivity contribution < 1.29 is 19.1 Å². The maximum absolute atomic E-state index is 11.4. The van der Waals surface area contributed by atoms with Crippen molar-refractivity contribution in [2.24, 2.45) is 0 Å². The molecule has 0 aliphatic rings. The van der Waals surface area contributed by atoms with Gasteiger partial charge in [0, 0.05) is 11.6 Å². The molecule has 5 heteroatoms. The molecule has 0 N–H and O–H groups in total. The lowest BCUT2D eigenvalue weighted by molar-refractivity contribution is -0.146. The molecule has 5 nitrogen and oxygen atoms in total. The van der Waals surface area contributed by atoms with Gasteiger partial charge in [-0.3, -0.25) is 0 Å². The van der Waals surface area contributed by atoms with Crippen molar-refractivity contribution in [2.75, 3.05) is 13.2 Å². The van der Waals surface area contributed by atoms with Gasteiger partial charge in [0.25, 0.3) is 0 Å². The Balaban J connectivity index is 2.33. The summed E-state index contributed by atoms with van der Waals surface area (Å²) in [4.78, 5) is 22.4. The van der Waals surface area contributed by atoms with Gasteiger partial charge in [-0.15, -0.1) is 0 Å². The van der Waals surface area contributed by atoms with Gasteiger partial charge < -0.3 is 9.47 Å². The third-order valence-electron chi connectivity index (χ3n) is 2.36. The van der Waals surface area contributed by atoms with Crippen LogP contribution in [0.5, 0.6) is 0 Å². The monoisotopic (exact) mass is 285 g/mol. The Hall–Kier alpha value is -2.87. The fourth-order valence-electron chi connectivity index (χ4n) is 1.28. The van der Waals surface area contributed by atoms with E-state index in [9.17, 15) is 9.59 Å². The molecular formula is C16H15NO4. The summed E-state index contributed by atoms with van der Waals surface area (Å²) in [6, 6.07) is 8.76. The minimum absolute atomic E-state index is 0.0118. The van der Waals surface area contributed by atoms with E-state index in [1.807, 2.05) is 6.07 Å². The Morgan fingerprint density at radius 2 is 1.86 bits per heavy atom. The Morgan fingerprint density at radius 3 is 2.43 bits per heavy atom. The highest BCUT2D eigenvalue weighted by Gasteiger charge is 2.03. The highest BCUT2D eigenvalue weighted by Crippen LogP contribution is 2.05. The van der Waals surface area contributed by atoms with Gasteiger partial charge in [-0.25, -0.2) is 9.59 Å². The van der Waals surface area contributed by atoms with Crippen molar-refractivity contribution in [3.63, 3.8) is 0 Å². The molecule has 0 unspecified atom stereocenters. The summed E-state index contributed by atoms with van der Waals surface area (Å²) in [5.74, 6) is -1.05. The highest BCUT2D eigenvalue weighted by atomic mass is 16.6. The van der Waals surface area contributed by atoms with Gasteiger partial charge in [0.05, 0.1) is 11.6 Å². The number of benzene rings is 1. The summed E-state index contributed by atoms with van der Waals surface area (Å²) in [5, 5.41) is 8.66. The Labute approximate surface area is 123 Å². The van der Waals surface area contributed by atoms with E-state index in [2.05, 4.69) is 6.58 Å². The Bertz CT molecular complexity index is 594. The zero-order valence-corrected chi connectivity index (χ0v) is 11.7. The molecule has 1 aromatic carbocycles. The van der Waals surface area contributed by atoms with E-state index in [1.165, 1.54) is 13.0 Å². The topological polar surface area (TPSA) is 76.4 Å². The van der Waals surface area contributed by atoms with E-state index in [1.54, 1.807) is 30.3 Å². The van der Waals surface area contributed by atoms with Crippen molar-refractivity contribution in [2.45, 2.75) is 6.92 Å². The molecule has 0 spiro atoms. The first-order valence-electron chi connectivity index (χ1n) is 6.20. The van der Waals surface area contributed by atoms with Crippen LogP contribution in [-0.2, 0) is 19.1 Å². The quantitative estimate of drug-likeness (QED) is 0.455. The number of nitrogens with zero attached hydrogens (tertiary/aromatic N) is 1.